The van der Waals surface area contributed by atoms with Crippen LogP contribution in [0.4, 0.5) is 0 Å². The van der Waals surface area contributed by atoms with E-state index in [9.17, 15) is 9.59 Å². The van der Waals surface area contributed by atoms with E-state index in [4.69, 9.17) is 15.0 Å². The molecular formula is C18H37N5O4Si. The van der Waals surface area contributed by atoms with Crippen molar-refractivity contribution < 1.29 is 18.8 Å². The molecule has 0 radical (unpaired) electrons. The number of aliphatic imine (C=N–C) groups is 1. The zero-order valence-electron chi connectivity index (χ0n) is 17.9. The standard InChI is InChI=1S/C18H37N5O4Si/c1-14-11-23(15(2)12-27-28(4,5)25)18(24)7-6-8-21-9-16(22-19)13-26-17(14)10-20-3/h9,14-15,17,20,25H,6-8,10-13,19H2,1-5H3. The molecule has 1 heterocycles. The lowest BCUT2D eigenvalue weighted by Gasteiger charge is -2.35. The van der Waals surface area contributed by atoms with Crippen LogP contribution in [0.25, 0.3) is 0 Å². The molecule has 1 aliphatic rings. The molecule has 0 saturated carbocycles. The van der Waals surface area contributed by atoms with E-state index in [1.54, 1.807) is 19.3 Å². The summed E-state index contributed by atoms with van der Waals surface area (Å²) in [4.78, 5) is 29.0. The molecule has 0 aromatic rings. The summed E-state index contributed by atoms with van der Waals surface area (Å²) in [5.74, 6) is 5.57. The molecule has 9 nitrogen and oxygen atoms in total. The monoisotopic (exact) mass is 415 g/mol. The number of nitrogens with one attached hydrogen (secondary N) is 1. The molecule has 3 atom stereocenters. The Morgan fingerprint density at radius 2 is 2.29 bits per heavy atom. The summed E-state index contributed by atoms with van der Waals surface area (Å²) >= 11 is 0. The fourth-order valence-corrected chi connectivity index (χ4v) is 3.58. The molecule has 4 N–H and O–H groups in total. The van der Waals surface area contributed by atoms with Crippen molar-refractivity contribution >= 4 is 26.4 Å². The minimum absolute atomic E-state index is 0.0609. The van der Waals surface area contributed by atoms with Crippen LogP contribution in [-0.2, 0) is 14.0 Å². The van der Waals surface area contributed by atoms with Gasteiger partial charge in [-0.15, -0.1) is 0 Å². The molecule has 1 aliphatic heterocycles. The van der Waals surface area contributed by atoms with Gasteiger partial charge in [-0.25, -0.2) is 0 Å². The fourth-order valence-electron chi connectivity index (χ4n) is 2.93. The van der Waals surface area contributed by atoms with E-state index in [0.717, 1.165) is 0 Å². The number of nitrogens with zero attached hydrogens (tertiary/aromatic N) is 3. The second-order valence-electron chi connectivity index (χ2n) is 7.80. The van der Waals surface area contributed by atoms with Crippen LogP contribution in [0, 0.1) is 5.92 Å². The number of ether oxygens (including phenoxy) is 1. The Morgan fingerprint density at radius 1 is 1.57 bits per heavy atom. The van der Waals surface area contributed by atoms with E-state index in [-0.39, 0.29) is 30.6 Å². The highest BCUT2D eigenvalue weighted by atomic mass is 28.4. The summed E-state index contributed by atoms with van der Waals surface area (Å²) in [6, 6.07) is -0.140. The van der Waals surface area contributed by atoms with Crippen molar-refractivity contribution in [2.45, 2.75) is 51.9 Å². The van der Waals surface area contributed by atoms with Crippen molar-refractivity contribution in [2.75, 3.05) is 39.9 Å². The first-order valence-electron chi connectivity index (χ1n) is 9.86. The van der Waals surface area contributed by atoms with Crippen molar-refractivity contribution in [3.8, 4) is 0 Å². The normalized spacial score (nSPS) is 25.9. The van der Waals surface area contributed by atoms with Crippen molar-refractivity contribution in [3.63, 3.8) is 0 Å². The molecule has 0 aliphatic carbocycles. The second-order valence-corrected chi connectivity index (χ2v) is 11.0. The number of hydrogen-bond acceptors (Lipinski definition) is 8. The number of carbonyl (C=O) groups excluding carboxylic acids is 1. The van der Waals surface area contributed by atoms with E-state index in [2.05, 4.69) is 22.3 Å². The van der Waals surface area contributed by atoms with Crippen LogP contribution in [-0.4, -0.2) is 88.1 Å². The van der Waals surface area contributed by atoms with E-state index in [1.807, 2.05) is 18.9 Å². The minimum atomic E-state index is -2.64. The molecule has 162 valence electrons. The molecule has 0 fully saturated rings. The third-order valence-corrected chi connectivity index (χ3v) is 5.46. The Bertz CT molecular complexity index is 539. The van der Waals surface area contributed by atoms with Crippen molar-refractivity contribution in [1.82, 2.24) is 10.2 Å². The third kappa shape index (κ3) is 9.24. The van der Waals surface area contributed by atoms with Gasteiger partial charge in [-0.2, -0.15) is 5.10 Å². The minimum Gasteiger partial charge on any atom is -0.411 e. The molecule has 0 aromatic carbocycles. The average molecular weight is 416 g/mol. The summed E-state index contributed by atoms with van der Waals surface area (Å²) in [5, 5.41) is 6.87. The van der Waals surface area contributed by atoms with Gasteiger partial charge < -0.3 is 30.0 Å². The lowest BCUT2D eigenvalue weighted by Crippen LogP contribution is -2.48. The number of hydrogen-bond donors (Lipinski definition) is 3. The maximum atomic E-state index is 12.9. The molecule has 28 heavy (non-hydrogen) atoms. The Morgan fingerprint density at radius 3 is 2.89 bits per heavy atom. The third-order valence-electron chi connectivity index (χ3n) is 4.58. The molecule has 0 bridgehead atoms. The fraction of sp³-hybridized carbons (Fsp3) is 0.833. The zero-order valence-corrected chi connectivity index (χ0v) is 18.9. The van der Waals surface area contributed by atoms with Gasteiger partial charge in [-0.3, -0.25) is 9.79 Å². The van der Waals surface area contributed by atoms with E-state index in [0.29, 0.717) is 44.8 Å². The summed E-state index contributed by atoms with van der Waals surface area (Å²) < 4.78 is 11.6. The van der Waals surface area contributed by atoms with E-state index >= 15 is 0 Å². The molecule has 1 amide bonds. The first kappa shape index (κ1) is 24.7. The number of nitrogens with two attached hydrogens (primary N) is 1. The van der Waals surface area contributed by atoms with Crippen molar-refractivity contribution in [1.29, 1.82) is 0 Å². The van der Waals surface area contributed by atoms with Crippen LogP contribution in [0.2, 0.25) is 13.1 Å². The van der Waals surface area contributed by atoms with Gasteiger partial charge in [-0.05, 0) is 33.5 Å². The Labute approximate surface area is 169 Å². The first-order chi connectivity index (χ1) is 13.2. The van der Waals surface area contributed by atoms with Crippen LogP contribution < -0.4 is 11.2 Å². The number of amides is 1. The number of carbonyl (C=O) groups is 1. The molecular weight excluding hydrogens is 378 g/mol. The van der Waals surface area contributed by atoms with Crippen molar-refractivity contribution in [3.05, 3.63) is 0 Å². The van der Waals surface area contributed by atoms with Gasteiger partial charge in [0.1, 0.15) is 5.71 Å². The Hall–Kier alpha value is -1.33. The molecule has 10 heteroatoms. The summed E-state index contributed by atoms with van der Waals surface area (Å²) in [6.07, 6.45) is 2.54. The van der Waals surface area contributed by atoms with Crippen LogP contribution >= 0.6 is 0 Å². The predicted molar refractivity (Wildman–Crippen MR) is 114 cm³/mol. The number of rotatable bonds is 6. The van der Waals surface area contributed by atoms with Gasteiger partial charge >= 0.3 is 8.56 Å². The Balaban J connectivity index is 2.97. The Kier molecular flexibility index (Phi) is 10.8. The van der Waals surface area contributed by atoms with Crippen molar-refractivity contribution in [2.24, 2.45) is 21.9 Å². The van der Waals surface area contributed by atoms with E-state index in [1.165, 1.54) is 0 Å². The number of likely N-dealkylation sites (N-methyl/N-ethyl adjacent to an activating group) is 1. The lowest BCUT2D eigenvalue weighted by atomic mass is 10.0. The highest BCUT2D eigenvalue weighted by Gasteiger charge is 2.28. The second kappa shape index (κ2) is 12.3. The van der Waals surface area contributed by atoms with Gasteiger partial charge in [0.2, 0.25) is 5.91 Å². The quantitative estimate of drug-likeness (QED) is 0.327. The van der Waals surface area contributed by atoms with Crippen LogP contribution in [0.15, 0.2) is 10.1 Å². The van der Waals surface area contributed by atoms with Gasteiger partial charge in [0.05, 0.1) is 25.4 Å². The smallest absolute Gasteiger partial charge is 0.329 e. The summed E-state index contributed by atoms with van der Waals surface area (Å²) in [5.41, 5.74) is 0.577. The van der Waals surface area contributed by atoms with Crippen LogP contribution in [0.3, 0.4) is 0 Å². The highest BCUT2D eigenvalue weighted by molar-refractivity contribution is 6.63. The molecule has 3 unspecified atom stereocenters. The molecule has 0 aromatic heterocycles. The lowest BCUT2D eigenvalue weighted by molar-refractivity contribution is -0.135. The van der Waals surface area contributed by atoms with Gasteiger partial charge in [0, 0.05) is 38.2 Å². The van der Waals surface area contributed by atoms with Crippen LogP contribution in [0.5, 0.6) is 0 Å². The highest BCUT2D eigenvalue weighted by Crippen LogP contribution is 2.15. The SMILES string of the molecule is CNCC1OCC(=NN)C=NCCCC(=O)N(C(C)CO[Si](C)(C)O)CC1C. The maximum absolute atomic E-state index is 12.9. The topological polar surface area (TPSA) is 122 Å². The van der Waals surface area contributed by atoms with Crippen LogP contribution in [0.1, 0.15) is 26.7 Å². The van der Waals surface area contributed by atoms with E-state index < -0.39 is 8.56 Å². The summed E-state index contributed by atoms with van der Waals surface area (Å²) in [7, 11) is -0.774. The van der Waals surface area contributed by atoms with Gasteiger partial charge in [0.15, 0.2) is 0 Å². The maximum Gasteiger partial charge on any atom is 0.329 e. The largest absolute Gasteiger partial charge is 0.411 e. The molecule has 0 saturated heterocycles. The summed E-state index contributed by atoms with van der Waals surface area (Å²) in [6.45, 7) is 9.74. The zero-order chi connectivity index (χ0) is 21.2. The van der Waals surface area contributed by atoms with Gasteiger partial charge in [-0.1, -0.05) is 6.92 Å². The molecule has 1 rings (SSSR count). The number of hydrazone groups is 1. The predicted octanol–water partition coefficient (Wildman–Crippen LogP) is 0.334. The molecule has 0 spiro atoms. The van der Waals surface area contributed by atoms with Gasteiger partial charge in [0.25, 0.3) is 0 Å². The first-order valence-corrected chi connectivity index (χ1v) is 12.7. The average Bonchev–Trinajstić information content (AvgIpc) is 2.64.